The molecule has 2 rings (SSSR count). The molecule has 5 nitrogen and oxygen atoms in total. The molecule has 2 aromatic rings. The number of anilines is 1. The number of pyridine rings is 1. The molecule has 0 spiro atoms. The third-order valence-corrected chi connectivity index (χ3v) is 3.12. The van der Waals surface area contributed by atoms with Gasteiger partial charge in [-0.05, 0) is 44.0 Å². The number of aryl methyl sites for hydroxylation is 1. The molecule has 92 valence electrons. The van der Waals surface area contributed by atoms with Gasteiger partial charge in [0.1, 0.15) is 12.1 Å². The van der Waals surface area contributed by atoms with Gasteiger partial charge in [0, 0.05) is 6.04 Å². The van der Waals surface area contributed by atoms with Gasteiger partial charge in [-0.1, -0.05) is 6.92 Å². The van der Waals surface area contributed by atoms with Crippen molar-refractivity contribution in [3.8, 4) is 0 Å². The average molecular weight is 233 g/mol. The summed E-state index contributed by atoms with van der Waals surface area (Å²) in [7, 11) is 0. The SMILES string of the molecule is Cc1cc(NC(C)C(C)CN)n2ncnc2c1. The molecule has 2 heterocycles. The Morgan fingerprint density at radius 1 is 1.41 bits per heavy atom. The Bertz CT molecular complexity index is 505. The molecule has 5 heteroatoms. The van der Waals surface area contributed by atoms with Gasteiger partial charge in [-0.15, -0.1) is 0 Å². The van der Waals surface area contributed by atoms with Crippen LogP contribution in [-0.2, 0) is 0 Å². The van der Waals surface area contributed by atoms with Crippen molar-refractivity contribution >= 4 is 11.5 Å². The summed E-state index contributed by atoms with van der Waals surface area (Å²) < 4.78 is 1.81. The maximum Gasteiger partial charge on any atom is 0.157 e. The first-order valence-electron chi connectivity index (χ1n) is 5.89. The van der Waals surface area contributed by atoms with Crippen molar-refractivity contribution in [2.24, 2.45) is 11.7 Å². The fourth-order valence-electron chi connectivity index (χ4n) is 1.74. The van der Waals surface area contributed by atoms with Crippen molar-refractivity contribution in [2.45, 2.75) is 26.8 Å². The molecule has 17 heavy (non-hydrogen) atoms. The molecule has 0 amide bonds. The lowest BCUT2D eigenvalue weighted by molar-refractivity contribution is 0.519. The highest BCUT2D eigenvalue weighted by Crippen LogP contribution is 2.16. The van der Waals surface area contributed by atoms with E-state index in [0.29, 0.717) is 18.5 Å². The monoisotopic (exact) mass is 233 g/mol. The van der Waals surface area contributed by atoms with Crippen LogP contribution < -0.4 is 11.1 Å². The quantitative estimate of drug-likeness (QED) is 0.838. The van der Waals surface area contributed by atoms with Crippen LogP contribution in [0.25, 0.3) is 5.65 Å². The zero-order valence-electron chi connectivity index (χ0n) is 10.5. The number of nitrogens with zero attached hydrogens (tertiary/aromatic N) is 3. The van der Waals surface area contributed by atoms with Crippen LogP contribution in [0.2, 0.25) is 0 Å². The van der Waals surface area contributed by atoms with Crippen LogP contribution in [0.5, 0.6) is 0 Å². The smallest absolute Gasteiger partial charge is 0.157 e. The zero-order valence-corrected chi connectivity index (χ0v) is 10.5. The second kappa shape index (κ2) is 4.71. The third kappa shape index (κ3) is 2.39. The van der Waals surface area contributed by atoms with Gasteiger partial charge < -0.3 is 11.1 Å². The van der Waals surface area contributed by atoms with Crippen LogP contribution in [0.3, 0.4) is 0 Å². The van der Waals surface area contributed by atoms with E-state index in [0.717, 1.165) is 11.5 Å². The predicted molar refractivity (Wildman–Crippen MR) is 69.0 cm³/mol. The number of hydrogen-bond donors (Lipinski definition) is 2. The fourth-order valence-corrected chi connectivity index (χ4v) is 1.74. The lowest BCUT2D eigenvalue weighted by Crippen LogP contribution is -2.30. The van der Waals surface area contributed by atoms with E-state index in [2.05, 4.69) is 42.2 Å². The van der Waals surface area contributed by atoms with Gasteiger partial charge in [0.15, 0.2) is 5.65 Å². The van der Waals surface area contributed by atoms with Crippen molar-refractivity contribution in [2.75, 3.05) is 11.9 Å². The van der Waals surface area contributed by atoms with Crippen molar-refractivity contribution in [3.63, 3.8) is 0 Å². The lowest BCUT2D eigenvalue weighted by Gasteiger charge is -2.21. The summed E-state index contributed by atoms with van der Waals surface area (Å²) in [6.45, 7) is 6.98. The first-order chi connectivity index (χ1) is 8.11. The highest BCUT2D eigenvalue weighted by molar-refractivity contribution is 5.51. The minimum absolute atomic E-state index is 0.300. The van der Waals surface area contributed by atoms with Crippen molar-refractivity contribution < 1.29 is 0 Å². The van der Waals surface area contributed by atoms with Gasteiger partial charge in [-0.3, -0.25) is 0 Å². The van der Waals surface area contributed by atoms with Gasteiger partial charge in [0.05, 0.1) is 0 Å². The lowest BCUT2D eigenvalue weighted by atomic mass is 10.0. The van der Waals surface area contributed by atoms with Crippen LogP contribution in [0.15, 0.2) is 18.5 Å². The Balaban J connectivity index is 2.31. The molecule has 0 bridgehead atoms. The standard InChI is InChI=1S/C12H19N5/c1-8-4-11-14-7-15-17(11)12(5-8)16-10(3)9(2)6-13/h4-5,7,9-10,16H,6,13H2,1-3H3. The first kappa shape index (κ1) is 11.9. The molecule has 0 aliphatic carbocycles. The number of nitrogens with one attached hydrogen (secondary N) is 1. The molecule has 2 unspecified atom stereocenters. The number of hydrogen-bond acceptors (Lipinski definition) is 4. The number of rotatable bonds is 4. The molecule has 0 aliphatic rings. The largest absolute Gasteiger partial charge is 0.367 e. The number of nitrogens with two attached hydrogens (primary N) is 1. The van der Waals surface area contributed by atoms with Crippen LogP contribution in [0.4, 0.5) is 5.82 Å². The minimum atomic E-state index is 0.300. The van der Waals surface area contributed by atoms with E-state index < -0.39 is 0 Å². The molecule has 0 fully saturated rings. The number of aromatic nitrogens is 3. The zero-order chi connectivity index (χ0) is 12.4. The summed E-state index contributed by atoms with van der Waals surface area (Å²) in [6, 6.07) is 4.38. The first-order valence-corrected chi connectivity index (χ1v) is 5.89. The second-order valence-corrected chi connectivity index (χ2v) is 4.59. The highest BCUT2D eigenvalue weighted by atomic mass is 15.3. The van der Waals surface area contributed by atoms with Crippen LogP contribution in [0, 0.1) is 12.8 Å². The van der Waals surface area contributed by atoms with Crippen LogP contribution in [0.1, 0.15) is 19.4 Å². The maximum absolute atomic E-state index is 5.67. The summed E-state index contributed by atoms with van der Waals surface area (Å²) in [5.41, 5.74) is 7.70. The van der Waals surface area contributed by atoms with E-state index in [1.807, 2.05) is 10.6 Å². The molecular formula is C12H19N5. The topological polar surface area (TPSA) is 68.2 Å². The molecule has 2 aromatic heterocycles. The predicted octanol–water partition coefficient (Wildman–Crippen LogP) is 1.43. The van der Waals surface area contributed by atoms with Gasteiger partial charge in [-0.2, -0.15) is 9.61 Å². The molecule has 0 saturated heterocycles. The summed E-state index contributed by atoms with van der Waals surface area (Å²) >= 11 is 0. The molecule has 0 radical (unpaired) electrons. The van der Waals surface area contributed by atoms with Gasteiger partial charge in [0.25, 0.3) is 0 Å². The van der Waals surface area contributed by atoms with Crippen molar-refractivity contribution in [1.29, 1.82) is 0 Å². The summed E-state index contributed by atoms with van der Waals surface area (Å²) in [5.74, 6) is 1.37. The second-order valence-electron chi connectivity index (χ2n) is 4.59. The van der Waals surface area contributed by atoms with E-state index >= 15 is 0 Å². The van der Waals surface area contributed by atoms with Gasteiger partial charge in [0.2, 0.25) is 0 Å². The molecule has 0 aliphatic heterocycles. The fraction of sp³-hybridized carbons (Fsp3) is 0.500. The summed E-state index contributed by atoms with van der Waals surface area (Å²) in [5, 5.41) is 7.65. The Hall–Kier alpha value is -1.62. The Morgan fingerprint density at radius 3 is 2.88 bits per heavy atom. The van der Waals surface area contributed by atoms with Crippen LogP contribution >= 0.6 is 0 Å². The van der Waals surface area contributed by atoms with Gasteiger partial charge in [-0.25, -0.2) is 4.98 Å². The molecular weight excluding hydrogens is 214 g/mol. The van der Waals surface area contributed by atoms with E-state index in [1.165, 1.54) is 5.56 Å². The normalized spacial score (nSPS) is 14.8. The molecule has 0 aromatic carbocycles. The van der Waals surface area contributed by atoms with E-state index in [-0.39, 0.29) is 0 Å². The number of fused-ring (bicyclic) bond motifs is 1. The van der Waals surface area contributed by atoms with E-state index in [1.54, 1.807) is 6.33 Å². The Labute approximate surface area is 101 Å². The average Bonchev–Trinajstić information content (AvgIpc) is 2.75. The maximum atomic E-state index is 5.67. The molecule has 3 N–H and O–H groups in total. The summed E-state index contributed by atoms with van der Waals surface area (Å²) in [4.78, 5) is 4.20. The third-order valence-electron chi connectivity index (χ3n) is 3.12. The van der Waals surface area contributed by atoms with E-state index in [4.69, 9.17) is 5.73 Å². The molecule has 2 atom stereocenters. The molecule has 0 saturated carbocycles. The highest BCUT2D eigenvalue weighted by Gasteiger charge is 2.12. The van der Waals surface area contributed by atoms with Gasteiger partial charge >= 0.3 is 0 Å². The van der Waals surface area contributed by atoms with Crippen molar-refractivity contribution in [1.82, 2.24) is 14.6 Å². The van der Waals surface area contributed by atoms with Crippen molar-refractivity contribution in [3.05, 3.63) is 24.0 Å². The van der Waals surface area contributed by atoms with Crippen LogP contribution in [-0.4, -0.2) is 27.2 Å². The Morgan fingerprint density at radius 2 is 2.18 bits per heavy atom. The summed E-state index contributed by atoms with van der Waals surface area (Å²) in [6.07, 6.45) is 1.57. The minimum Gasteiger partial charge on any atom is -0.367 e. The van der Waals surface area contributed by atoms with E-state index in [9.17, 15) is 0 Å². The Kier molecular flexibility index (Phi) is 3.28.